The second-order valence-electron chi connectivity index (χ2n) is 3.93. The molecule has 0 atom stereocenters. The number of carbonyl (C=O) groups excluding carboxylic acids is 1. The minimum absolute atomic E-state index is 0.211. The molecular formula is C12H14N4O. The van der Waals surface area contributed by atoms with Crippen LogP contribution in [0, 0.1) is 13.8 Å². The van der Waals surface area contributed by atoms with Crippen molar-refractivity contribution in [2.75, 3.05) is 0 Å². The first-order chi connectivity index (χ1) is 8.16. The van der Waals surface area contributed by atoms with Gasteiger partial charge in [0, 0.05) is 6.54 Å². The highest BCUT2D eigenvalue weighted by atomic mass is 16.2. The van der Waals surface area contributed by atoms with Gasteiger partial charge in [0.25, 0.3) is 5.91 Å². The van der Waals surface area contributed by atoms with E-state index < -0.39 is 0 Å². The van der Waals surface area contributed by atoms with Crippen LogP contribution in [0.25, 0.3) is 0 Å². The Balaban J connectivity index is 1.97. The molecule has 0 bridgehead atoms. The number of hydrogen-bond donors (Lipinski definition) is 2. The second-order valence-corrected chi connectivity index (χ2v) is 3.93. The van der Waals surface area contributed by atoms with Gasteiger partial charge in [-0.2, -0.15) is 15.4 Å². The lowest BCUT2D eigenvalue weighted by Gasteiger charge is -2.04. The first-order valence-electron chi connectivity index (χ1n) is 5.38. The summed E-state index contributed by atoms with van der Waals surface area (Å²) in [5.74, 6) is -0.211. The number of aromatic nitrogens is 3. The molecule has 0 fully saturated rings. The quantitative estimate of drug-likeness (QED) is 0.836. The van der Waals surface area contributed by atoms with Gasteiger partial charge in [-0.05, 0) is 19.4 Å². The molecule has 1 amide bonds. The maximum Gasteiger partial charge on any atom is 0.274 e. The zero-order valence-electron chi connectivity index (χ0n) is 9.82. The molecule has 1 heterocycles. The molecule has 1 aromatic heterocycles. The van der Waals surface area contributed by atoms with E-state index in [0.717, 1.165) is 5.56 Å². The van der Waals surface area contributed by atoms with Gasteiger partial charge < -0.3 is 5.32 Å². The fourth-order valence-corrected chi connectivity index (χ4v) is 1.47. The lowest BCUT2D eigenvalue weighted by molar-refractivity contribution is 0.0945. The minimum Gasteiger partial charge on any atom is -0.347 e. The summed E-state index contributed by atoms with van der Waals surface area (Å²) in [6.45, 7) is 4.26. The van der Waals surface area contributed by atoms with E-state index in [4.69, 9.17) is 0 Å². The van der Waals surface area contributed by atoms with Crippen LogP contribution < -0.4 is 5.32 Å². The van der Waals surface area contributed by atoms with E-state index in [-0.39, 0.29) is 5.91 Å². The Labute approximate surface area is 99.2 Å². The van der Waals surface area contributed by atoms with Crippen LogP contribution in [0.4, 0.5) is 0 Å². The summed E-state index contributed by atoms with van der Waals surface area (Å²) >= 11 is 0. The van der Waals surface area contributed by atoms with E-state index in [2.05, 4.69) is 20.7 Å². The number of rotatable bonds is 3. The van der Waals surface area contributed by atoms with Crippen LogP contribution in [0.15, 0.2) is 24.3 Å². The summed E-state index contributed by atoms with van der Waals surface area (Å²) in [5.41, 5.74) is 3.21. The number of nitrogens with zero attached hydrogens (tertiary/aromatic N) is 2. The second kappa shape index (κ2) is 4.78. The molecule has 0 radical (unpaired) electrons. The number of H-pyrrole nitrogens is 1. The first-order valence-corrected chi connectivity index (χ1v) is 5.38. The third-order valence-corrected chi connectivity index (χ3v) is 2.51. The summed E-state index contributed by atoms with van der Waals surface area (Å²) in [7, 11) is 0. The normalized spacial score (nSPS) is 10.2. The van der Waals surface area contributed by atoms with Crippen molar-refractivity contribution in [3.63, 3.8) is 0 Å². The average molecular weight is 230 g/mol. The molecule has 2 rings (SSSR count). The smallest absolute Gasteiger partial charge is 0.274 e. The fourth-order valence-electron chi connectivity index (χ4n) is 1.47. The van der Waals surface area contributed by atoms with E-state index in [9.17, 15) is 4.79 Å². The van der Waals surface area contributed by atoms with Crippen molar-refractivity contribution >= 4 is 5.91 Å². The number of benzene rings is 1. The van der Waals surface area contributed by atoms with Crippen molar-refractivity contribution in [2.24, 2.45) is 0 Å². The summed E-state index contributed by atoms with van der Waals surface area (Å²) in [5, 5.41) is 12.8. The number of nitrogens with one attached hydrogen (secondary N) is 2. The van der Waals surface area contributed by atoms with Gasteiger partial charge in [-0.1, -0.05) is 29.8 Å². The van der Waals surface area contributed by atoms with Crippen molar-refractivity contribution in [3.8, 4) is 0 Å². The summed E-state index contributed by atoms with van der Waals surface area (Å²) in [4.78, 5) is 11.7. The van der Waals surface area contributed by atoms with Gasteiger partial charge in [-0.25, -0.2) is 0 Å². The van der Waals surface area contributed by atoms with E-state index in [1.807, 2.05) is 31.2 Å². The van der Waals surface area contributed by atoms with Crippen LogP contribution in [0.1, 0.15) is 27.3 Å². The Hall–Kier alpha value is -2.17. The van der Waals surface area contributed by atoms with Crippen LogP contribution in [0.5, 0.6) is 0 Å². The van der Waals surface area contributed by atoms with Gasteiger partial charge in [-0.3, -0.25) is 4.79 Å². The highest BCUT2D eigenvalue weighted by molar-refractivity contribution is 5.92. The van der Waals surface area contributed by atoms with Gasteiger partial charge in [0.2, 0.25) is 0 Å². The SMILES string of the molecule is Cc1ccc(CNC(=O)c2n[nH]nc2C)cc1. The molecule has 0 spiro atoms. The van der Waals surface area contributed by atoms with Crippen molar-refractivity contribution in [2.45, 2.75) is 20.4 Å². The Morgan fingerprint density at radius 2 is 1.94 bits per heavy atom. The van der Waals surface area contributed by atoms with Gasteiger partial charge in [0.1, 0.15) is 0 Å². The fraction of sp³-hybridized carbons (Fsp3) is 0.250. The lowest BCUT2D eigenvalue weighted by Crippen LogP contribution is -2.23. The molecule has 2 aromatic rings. The van der Waals surface area contributed by atoms with Gasteiger partial charge >= 0.3 is 0 Å². The van der Waals surface area contributed by atoms with Gasteiger partial charge in [0.15, 0.2) is 5.69 Å². The predicted octanol–water partition coefficient (Wildman–Crippen LogP) is 1.35. The topological polar surface area (TPSA) is 70.7 Å². The number of hydrogen-bond acceptors (Lipinski definition) is 3. The van der Waals surface area contributed by atoms with E-state index in [1.54, 1.807) is 6.92 Å². The third kappa shape index (κ3) is 2.69. The number of amides is 1. The molecule has 2 N–H and O–H groups in total. The Morgan fingerprint density at radius 3 is 2.53 bits per heavy atom. The highest BCUT2D eigenvalue weighted by Gasteiger charge is 2.12. The van der Waals surface area contributed by atoms with Crippen molar-refractivity contribution in [3.05, 3.63) is 46.8 Å². The largest absolute Gasteiger partial charge is 0.347 e. The highest BCUT2D eigenvalue weighted by Crippen LogP contribution is 2.03. The molecule has 17 heavy (non-hydrogen) atoms. The molecule has 5 heteroatoms. The first kappa shape index (κ1) is 11.3. The maximum absolute atomic E-state index is 11.7. The van der Waals surface area contributed by atoms with Crippen molar-refractivity contribution < 1.29 is 4.79 Å². The number of aryl methyl sites for hydroxylation is 2. The van der Waals surface area contributed by atoms with Crippen LogP contribution in [0.3, 0.4) is 0 Å². The van der Waals surface area contributed by atoms with E-state index in [0.29, 0.717) is 17.9 Å². The minimum atomic E-state index is -0.211. The molecular weight excluding hydrogens is 216 g/mol. The van der Waals surface area contributed by atoms with Crippen LogP contribution >= 0.6 is 0 Å². The van der Waals surface area contributed by atoms with E-state index in [1.165, 1.54) is 5.56 Å². The zero-order chi connectivity index (χ0) is 12.3. The van der Waals surface area contributed by atoms with Crippen LogP contribution in [-0.4, -0.2) is 21.3 Å². The van der Waals surface area contributed by atoms with Crippen molar-refractivity contribution in [1.82, 2.24) is 20.7 Å². The molecule has 0 saturated heterocycles. The van der Waals surface area contributed by atoms with E-state index >= 15 is 0 Å². The number of aromatic amines is 1. The Kier molecular flexibility index (Phi) is 3.18. The molecule has 5 nitrogen and oxygen atoms in total. The molecule has 1 aromatic carbocycles. The molecule has 0 aliphatic rings. The Morgan fingerprint density at radius 1 is 1.24 bits per heavy atom. The molecule has 88 valence electrons. The monoisotopic (exact) mass is 230 g/mol. The summed E-state index contributed by atoms with van der Waals surface area (Å²) in [6.07, 6.45) is 0. The molecule has 0 unspecified atom stereocenters. The predicted molar refractivity (Wildman–Crippen MR) is 63.5 cm³/mol. The summed E-state index contributed by atoms with van der Waals surface area (Å²) < 4.78 is 0. The van der Waals surface area contributed by atoms with Crippen LogP contribution in [0.2, 0.25) is 0 Å². The zero-order valence-corrected chi connectivity index (χ0v) is 9.82. The third-order valence-electron chi connectivity index (χ3n) is 2.51. The van der Waals surface area contributed by atoms with Gasteiger partial charge in [0.05, 0.1) is 5.69 Å². The molecule has 0 saturated carbocycles. The van der Waals surface area contributed by atoms with Crippen molar-refractivity contribution in [1.29, 1.82) is 0 Å². The molecule has 0 aliphatic heterocycles. The average Bonchev–Trinajstić information content (AvgIpc) is 2.74. The lowest BCUT2D eigenvalue weighted by atomic mass is 10.1. The molecule has 0 aliphatic carbocycles. The standard InChI is InChI=1S/C12H14N4O/c1-8-3-5-10(6-4-8)7-13-12(17)11-9(2)14-16-15-11/h3-6H,7H2,1-2H3,(H,13,17)(H,14,15,16). The number of carbonyl (C=O) groups is 1. The maximum atomic E-state index is 11.7. The Bertz CT molecular complexity index is 516. The summed E-state index contributed by atoms with van der Waals surface area (Å²) in [6, 6.07) is 8.02. The van der Waals surface area contributed by atoms with Crippen LogP contribution in [-0.2, 0) is 6.54 Å². The van der Waals surface area contributed by atoms with Gasteiger partial charge in [-0.15, -0.1) is 0 Å².